The van der Waals surface area contributed by atoms with Crippen LogP contribution >= 0.6 is 11.6 Å². The number of anilines is 1. The van der Waals surface area contributed by atoms with Gasteiger partial charge in [0, 0.05) is 30.2 Å². The maximum Gasteiger partial charge on any atom is 0.223 e. The Morgan fingerprint density at radius 3 is 2.83 bits per heavy atom. The first-order valence-electron chi connectivity index (χ1n) is 6.06. The highest BCUT2D eigenvalue weighted by atomic mass is 35.5. The summed E-state index contributed by atoms with van der Waals surface area (Å²) >= 11 is 6.06. The van der Waals surface area contributed by atoms with Crippen LogP contribution in [0, 0.1) is 0 Å². The summed E-state index contributed by atoms with van der Waals surface area (Å²) in [6.45, 7) is 2.63. The number of hydrogen-bond acceptors (Lipinski definition) is 3. The molecule has 0 bridgehead atoms. The third-order valence-electron chi connectivity index (χ3n) is 3.04. The van der Waals surface area contributed by atoms with Crippen LogP contribution in [0.5, 0.6) is 0 Å². The van der Waals surface area contributed by atoms with E-state index in [1.54, 1.807) is 12.1 Å². The highest BCUT2D eigenvalue weighted by Gasteiger charge is 2.16. The van der Waals surface area contributed by atoms with Gasteiger partial charge in [0.1, 0.15) is 0 Å². The van der Waals surface area contributed by atoms with Gasteiger partial charge >= 0.3 is 0 Å². The minimum absolute atomic E-state index is 0.150. The quantitative estimate of drug-likeness (QED) is 0.849. The molecule has 0 saturated carbocycles. The Bertz CT molecular complexity index is 431. The van der Waals surface area contributed by atoms with Gasteiger partial charge < -0.3 is 15.4 Å². The lowest BCUT2D eigenvalue weighted by Crippen LogP contribution is -2.40. The van der Waals surface area contributed by atoms with Crippen molar-refractivity contribution in [3.05, 3.63) is 28.8 Å². The van der Waals surface area contributed by atoms with Gasteiger partial charge in [-0.05, 0) is 30.2 Å². The molecular formula is C13H17ClN2O2. The highest BCUT2D eigenvalue weighted by molar-refractivity contribution is 6.31. The van der Waals surface area contributed by atoms with Crippen molar-refractivity contribution >= 4 is 23.2 Å². The second-order valence-electron chi connectivity index (χ2n) is 4.34. The van der Waals surface area contributed by atoms with Gasteiger partial charge in [0.2, 0.25) is 5.91 Å². The number of carbonyl (C=O) groups is 1. The summed E-state index contributed by atoms with van der Waals surface area (Å²) < 4.78 is 5.22. The lowest BCUT2D eigenvalue weighted by molar-refractivity contribution is -0.135. The lowest BCUT2D eigenvalue weighted by atomic mass is 10.1. The summed E-state index contributed by atoms with van der Waals surface area (Å²) in [5.74, 6) is 0.150. The molecule has 1 saturated heterocycles. The Morgan fingerprint density at radius 1 is 1.39 bits per heavy atom. The van der Waals surface area contributed by atoms with Crippen molar-refractivity contribution in [3.63, 3.8) is 0 Å². The SMILES string of the molecule is Nc1ccc(Cl)c(CCC(=O)N2CCOCC2)c1. The first-order chi connectivity index (χ1) is 8.66. The molecule has 0 aromatic heterocycles. The smallest absolute Gasteiger partial charge is 0.223 e. The zero-order valence-electron chi connectivity index (χ0n) is 10.2. The number of hydrogen-bond donors (Lipinski definition) is 1. The molecule has 1 fully saturated rings. The van der Waals surface area contributed by atoms with Crippen LogP contribution in [0.1, 0.15) is 12.0 Å². The fourth-order valence-electron chi connectivity index (χ4n) is 2.00. The average molecular weight is 269 g/mol. The Labute approximate surface area is 112 Å². The Kier molecular flexibility index (Phi) is 4.44. The highest BCUT2D eigenvalue weighted by Crippen LogP contribution is 2.20. The van der Waals surface area contributed by atoms with Gasteiger partial charge in [0.05, 0.1) is 13.2 Å². The number of aryl methyl sites for hydroxylation is 1. The molecule has 0 radical (unpaired) electrons. The summed E-state index contributed by atoms with van der Waals surface area (Å²) in [5, 5.41) is 0.666. The summed E-state index contributed by atoms with van der Waals surface area (Å²) in [6.07, 6.45) is 1.09. The van der Waals surface area contributed by atoms with E-state index < -0.39 is 0 Å². The molecule has 5 heteroatoms. The number of halogens is 1. The van der Waals surface area contributed by atoms with Crippen molar-refractivity contribution in [1.82, 2.24) is 4.90 Å². The van der Waals surface area contributed by atoms with Gasteiger partial charge in [0.25, 0.3) is 0 Å². The average Bonchev–Trinajstić information content (AvgIpc) is 2.40. The second-order valence-corrected chi connectivity index (χ2v) is 4.75. The van der Waals surface area contributed by atoms with E-state index in [-0.39, 0.29) is 5.91 Å². The van der Waals surface area contributed by atoms with Crippen LogP contribution in [0.4, 0.5) is 5.69 Å². The van der Waals surface area contributed by atoms with Crippen LogP contribution in [0.25, 0.3) is 0 Å². The largest absolute Gasteiger partial charge is 0.399 e. The molecule has 0 unspecified atom stereocenters. The van der Waals surface area contributed by atoms with Crippen molar-refractivity contribution < 1.29 is 9.53 Å². The molecule has 2 rings (SSSR count). The number of nitrogen functional groups attached to an aromatic ring is 1. The third kappa shape index (κ3) is 3.37. The topological polar surface area (TPSA) is 55.6 Å². The van der Waals surface area contributed by atoms with Crippen molar-refractivity contribution in [3.8, 4) is 0 Å². The molecule has 0 aliphatic carbocycles. The van der Waals surface area contributed by atoms with E-state index in [2.05, 4.69) is 0 Å². The number of amides is 1. The minimum Gasteiger partial charge on any atom is -0.399 e. The number of benzene rings is 1. The molecule has 1 aromatic rings. The van der Waals surface area contributed by atoms with E-state index >= 15 is 0 Å². The standard InChI is InChI=1S/C13H17ClN2O2/c14-12-3-2-11(15)9-10(12)1-4-13(17)16-5-7-18-8-6-16/h2-3,9H,1,4-8,15H2. The molecule has 4 nitrogen and oxygen atoms in total. The molecule has 1 aliphatic heterocycles. The van der Waals surface area contributed by atoms with E-state index in [4.69, 9.17) is 22.1 Å². The van der Waals surface area contributed by atoms with Gasteiger partial charge in [0.15, 0.2) is 0 Å². The van der Waals surface area contributed by atoms with Crippen LogP contribution in [0.15, 0.2) is 18.2 Å². The Balaban J connectivity index is 1.90. The van der Waals surface area contributed by atoms with E-state index in [1.807, 2.05) is 11.0 Å². The van der Waals surface area contributed by atoms with Crippen molar-refractivity contribution in [1.29, 1.82) is 0 Å². The number of rotatable bonds is 3. The van der Waals surface area contributed by atoms with Crippen molar-refractivity contribution in [2.24, 2.45) is 0 Å². The van der Waals surface area contributed by atoms with Crippen molar-refractivity contribution in [2.75, 3.05) is 32.0 Å². The fraction of sp³-hybridized carbons (Fsp3) is 0.462. The summed E-state index contributed by atoms with van der Waals surface area (Å²) in [6, 6.07) is 5.36. The third-order valence-corrected chi connectivity index (χ3v) is 3.41. The molecule has 1 heterocycles. The maximum absolute atomic E-state index is 12.0. The van der Waals surface area contributed by atoms with E-state index in [9.17, 15) is 4.79 Å². The zero-order valence-corrected chi connectivity index (χ0v) is 10.9. The van der Waals surface area contributed by atoms with E-state index in [0.29, 0.717) is 49.9 Å². The molecule has 98 valence electrons. The maximum atomic E-state index is 12.0. The normalized spacial score (nSPS) is 15.7. The summed E-state index contributed by atoms with van der Waals surface area (Å²) in [7, 11) is 0. The predicted molar refractivity (Wildman–Crippen MR) is 71.6 cm³/mol. The van der Waals surface area contributed by atoms with Crippen LogP contribution in [-0.4, -0.2) is 37.1 Å². The molecule has 2 N–H and O–H groups in total. The van der Waals surface area contributed by atoms with Gasteiger partial charge in [-0.1, -0.05) is 11.6 Å². The van der Waals surface area contributed by atoms with Gasteiger partial charge in [-0.3, -0.25) is 4.79 Å². The van der Waals surface area contributed by atoms with Crippen LogP contribution in [-0.2, 0) is 16.0 Å². The Morgan fingerprint density at radius 2 is 2.11 bits per heavy atom. The van der Waals surface area contributed by atoms with Crippen LogP contribution in [0.2, 0.25) is 5.02 Å². The fourth-order valence-corrected chi connectivity index (χ4v) is 2.21. The molecule has 1 amide bonds. The van der Waals surface area contributed by atoms with Gasteiger partial charge in [-0.15, -0.1) is 0 Å². The summed E-state index contributed by atoms with van der Waals surface area (Å²) in [4.78, 5) is 13.8. The molecule has 18 heavy (non-hydrogen) atoms. The van der Waals surface area contributed by atoms with Gasteiger partial charge in [-0.25, -0.2) is 0 Å². The van der Waals surface area contributed by atoms with Crippen LogP contribution in [0.3, 0.4) is 0 Å². The molecule has 0 atom stereocenters. The minimum atomic E-state index is 0.150. The molecular weight excluding hydrogens is 252 g/mol. The van der Waals surface area contributed by atoms with E-state index in [1.165, 1.54) is 0 Å². The number of morpholine rings is 1. The van der Waals surface area contributed by atoms with Crippen LogP contribution < -0.4 is 5.73 Å². The first kappa shape index (κ1) is 13.2. The monoisotopic (exact) mass is 268 g/mol. The Hall–Kier alpha value is -1.26. The molecule has 0 spiro atoms. The second kappa shape index (κ2) is 6.07. The van der Waals surface area contributed by atoms with E-state index in [0.717, 1.165) is 5.56 Å². The summed E-state index contributed by atoms with van der Waals surface area (Å²) in [5.41, 5.74) is 7.31. The molecule has 1 aliphatic rings. The zero-order chi connectivity index (χ0) is 13.0. The number of nitrogens with zero attached hydrogens (tertiary/aromatic N) is 1. The predicted octanol–water partition coefficient (Wildman–Crippen LogP) is 1.71. The number of carbonyl (C=O) groups excluding carboxylic acids is 1. The lowest BCUT2D eigenvalue weighted by Gasteiger charge is -2.26. The number of ether oxygens (including phenoxy) is 1. The van der Waals surface area contributed by atoms with Crippen molar-refractivity contribution in [2.45, 2.75) is 12.8 Å². The molecule has 1 aromatic carbocycles. The first-order valence-corrected chi connectivity index (χ1v) is 6.44. The number of nitrogens with two attached hydrogens (primary N) is 1. The van der Waals surface area contributed by atoms with Gasteiger partial charge in [-0.2, -0.15) is 0 Å².